The van der Waals surface area contributed by atoms with Crippen LogP contribution < -0.4 is 4.90 Å². The van der Waals surface area contributed by atoms with E-state index >= 15 is 0 Å². The second kappa shape index (κ2) is 6.46. The van der Waals surface area contributed by atoms with Gasteiger partial charge in [-0.15, -0.1) is 0 Å². The van der Waals surface area contributed by atoms with Gasteiger partial charge < -0.3 is 15.1 Å². The van der Waals surface area contributed by atoms with Crippen molar-refractivity contribution in [1.82, 2.24) is 0 Å². The first kappa shape index (κ1) is 15.6. The average molecular weight is 319 g/mol. The molecule has 0 aromatic heterocycles. The van der Waals surface area contributed by atoms with Crippen LogP contribution >= 0.6 is 0 Å². The molecule has 0 saturated carbocycles. The number of aromatic hydroxyl groups is 2. The molecule has 0 aliphatic rings. The van der Waals surface area contributed by atoms with E-state index in [2.05, 4.69) is 0 Å². The van der Waals surface area contributed by atoms with Crippen molar-refractivity contribution in [3.8, 4) is 22.6 Å². The highest BCUT2D eigenvalue weighted by atomic mass is 16.3. The lowest BCUT2D eigenvalue weighted by Gasteiger charge is -2.18. The summed E-state index contributed by atoms with van der Waals surface area (Å²) in [7, 11) is 1.66. The van der Waals surface area contributed by atoms with Gasteiger partial charge in [0.2, 0.25) is 0 Å². The maximum Gasteiger partial charge on any atom is 0.258 e. The lowest BCUT2D eigenvalue weighted by Crippen LogP contribution is -2.26. The molecule has 0 aliphatic heterocycles. The van der Waals surface area contributed by atoms with Gasteiger partial charge in [0.05, 0.1) is 0 Å². The monoisotopic (exact) mass is 319 g/mol. The molecule has 0 heterocycles. The minimum atomic E-state index is -0.196. The Balaban J connectivity index is 1.94. The molecule has 2 N–H and O–H groups in total. The summed E-state index contributed by atoms with van der Waals surface area (Å²) in [6, 6.07) is 20.6. The normalized spacial score (nSPS) is 10.4. The number of phenolic OH excluding ortho intramolecular Hbond substituents is 2. The quantitative estimate of drug-likeness (QED) is 0.766. The van der Waals surface area contributed by atoms with E-state index in [1.807, 2.05) is 12.1 Å². The number of nitrogens with zero attached hydrogens (tertiary/aromatic N) is 1. The molecule has 0 aliphatic carbocycles. The summed E-state index contributed by atoms with van der Waals surface area (Å²) in [6.45, 7) is 0. The Morgan fingerprint density at radius 2 is 1.62 bits per heavy atom. The Bertz CT molecular complexity index is 889. The van der Waals surface area contributed by atoms with Crippen molar-refractivity contribution in [2.24, 2.45) is 0 Å². The first-order valence-corrected chi connectivity index (χ1v) is 7.52. The molecule has 3 rings (SSSR count). The topological polar surface area (TPSA) is 60.8 Å². The molecule has 4 heteroatoms. The van der Waals surface area contributed by atoms with E-state index in [-0.39, 0.29) is 17.4 Å². The molecular weight excluding hydrogens is 302 g/mol. The maximum atomic E-state index is 12.7. The highest BCUT2D eigenvalue weighted by Crippen LogP contribution is 2.29. The van der Waals surface area contributed by atoms with Crippen LogP contribution in [-0.4, -0.2) is 23.2 Å². The van der Waals surface area contributed by atoms with Crippen molar-refractivity contribution in [3.05, 3.63) is 78.4 Å². The zero-order chi connectivity index (χ0) is 17.1. The van der Waals surface area contributed by atoms with E-state index in [4.69, 9.17) is 0 Å². The average Bonchev–Trinajstić information content (AvgIpc) is 2.61. The Kier molecular flexibility index (Phi) is 4.20. The minimum Gasteiger partial charge on any atom is -0.508 e. The van der Waals surface area contributed by atoms with Crippen molar-refractivity contribution in [3.63, 3.8) is 0 Å². The van der Waals surface area contributed by atoms with Gasteiger partial charge >= 0.3 is 0 Å². The summed E-state index contributed by atoms with van der Waals surface area (Å²) in [5.74, 6) is 0.0800. The molecule has 3 aromatic rings. The van der Waals surface area contributed by atoms with Gasteiger partial charge in [0.25, 0.3) is 5.91 Å². The summed E-state index contributed by atoms with van der Waals surface area (Å²) in [5, 5.41) is 19.6. The molecule has 1 amide bonds. The molecule has 0 unspecified atom stereocenters. The van der Waals surface area contributed by atoms with Gasteiger partial charge in [-0.3, -0.25) is 4.79 Å². The molecule has 0 bridgehead atoms. The Labute approximate surface area is 140 Å². The van der Waals surface area contributed by atoms with Gasteiger partial charge in [-0.05, 0) is 35.9 Å². The van der Waals surface area contributed by atoms with E-state index in [0.717, 1.165) is 5.56 Å². The van der Waals surface area contributed by atoms with Crippen molar-refractivity contribution >= 4 is 11.6 Å². The number of carbonyl (C=O) groups is 1. The Morgan fingerprint density at radius 3 is 2.38 bits per heavy atom. The smallest absolute Gasteiger partial charge is 0.258 e. The van der Waals surface area contributed by atoms with Crippen molar-refractivity contribution < 1.29 is 15.0 Å². The van der Waals surface area contributed by atoms with Crippen LogP contribution in [0, 0.1) is 0 Å². The SMILES string of the molecule is CN(C(=O)c1cccc(-c2ccccc2O)c1)c1cccc(O)c1. The van der Waals surface area contributed by atoms with Crippen LogP contribution in [0.3, 0.4) is 0 Å². The fraction of sp³-hybridized carbons (Fsp3) is 0.0500. The molecule has 0 radical (unpaired) electrons. The molecule has 24 heavy (non-hydrogen) atoms. The summed E-state index contributed by atoms with van der Waals surface area (Å²) >= 11 is 0. The molecule has 4 nitrogen and oxygen atoms in total. The molecule has 3 aromatic carbocycles. The molecule has 120 valence electrons. The van der Waals surface area contributed by atoms with E-state index in [0.29, 0.717) is 16.8 Å². The zero-order valence-corrected chi connectivity index (χ0v) is 13.2. The van der Waals surface area contributed by atoms with Crippen LogP contribution in [0.1, 0.15) is 10.4 Å². The molecule has 0 atom stereocenters. The lowest BCUT2D eigenvalue weighted by molar-refractivity contribution is 0.0993. The third-order valence-corrected chi connectivity index (χ3v) is 3.85. The van der Waals surface area contributed by atoms with Gasteiger partial charge in [-0.1, -0.05) is 36.4 Å². The number of carbonyl (C=O) groups excluding carboxylic acids is 1. The predicted molar refractivity (Wildman–Crippen MR) is 94.4 cm³/mol. The summed E-state index contributed by atoms with van der Waals surface area (Å²) in [6.07, 6.45) is 0. The highest BCUT2D eigenvalue weighted by Gasteiger charge is 2.15. The Morgan fingerprint density at radius 1 is 0.875 bits per heavy atom. The van der Waals surface area contributed by atoms with Crippen LogP contribution in [0.25, 0.3) is 11.1 Å². The van der Waals surface area contributed by atoms with Gasteiger partial charge in [-0.2, -0.15) is 0 Å². The number of hydrogen-bond acceptors (Lipinski definition) is 3. The predicted octanol–water partition coefficient (Wildman–Crippen LogP) is 4.04. The summed E-state index contributed by atoms with van der Waals surface area (Å²) in [5.41, 5.74) is 2.55. The van der Waals surface area contributed by atoms with E-state index in [9.17, 15) is 15.0 Å². The van der Waals surface area contributed by atoms with Gasteiger partial charge in [0.15, 0.2) is 0 Å². The third-order valence-electron chi connectivity index (χ3n) is 3.85. The number of para-hydroxylation sites is 1. The minimum absolute atomic E-state index is 0.107. The van der Waals surface area contributed by atoms with Crippen molar-refractivity contribution in [2.45, 2.75) is 0 Å². The fourth-order valence-corrected chi connectivity index (χ4v) is 2.55. The maximum absolute atomic E-state index is 12.7. The number of rotatable bonds is 3. The van der Waals surface area contributed by atoms with Crippen LogP contribution in [-0.2, 0) is 0 Å². The second-order valence-corrected chi connectivity index (χ2v) is 5.48. The van der Waals surface area contributed by atoms with E-state index < -0.39 is 0 Å². The number of benzene rings is 3. The Hall–Kier alpha value is -3.27. The van der Waals surface area contributed by atoms with E-state index in [1.165, 1.54) is 11.0 Å². The molecule has 0 fully saturated rings. The van der Waals surface area contributed by atoms with E-state index in [1.54, 1.807) is 61.6 Å². The van der Waals surface area contributed by atoms with Crippen LogP contribution in [0.4, 0.5) is 5.69 Å². The number of amides is 1. The van der Waals surface area contributed by atoms with Gasteiger partial charge in [-0.25, -0.2) is 0 Å². The second-order valence-electron chi connectivity index (χ2n) is 5.48. The molecule has 0 saturated heterocycles. The van der Waals surface area contributed by atoms with Crippen LogP contribution in [0.15, 0.2) is 72.8 Å². The first-order valence-electron chi connectivity index (χ1n) is 7.52. The number of phenols is 2. The first-order chi connectivity index (χ1) is 11.6. The zero-order valence-electron chi connectivity index (χ0n) is 13.2. The van der Waals surface area contributed by atoms with Crippen molar-refractivity contribution in [1.29, 1.82) is 0 Å². The van der Waals surface area contributed by atoms with Crippen LogP contribution in [0.2, 0.25) is 0 Å². The van der Waals surface area contributed by atoms with Crippen molar-refractivity contribution in [2.75, 3.05) is 11.9 Å². The largest absolute Gasteiger partial charge is 0.508 e. The molecule has 0 spiro atoms. The summed E-state index contributed by atoms with van der Waals surface area (Å²) in [4.78, 5) is 14.2. The van der Waals surface area contributed by atoms with Crippen LogP contribution in [0.5, 0.6) is 11.5 Å². The lowest BCUT2D eigenvalue weighted by atomic mass is 10.0. The third kappa shape index (κ3) is 3.08. The van der Waals surface area contributed by atoms with Gasteiger partial charge in [0, 0.05) is 29.9 Å². The number of anilines is 1. The fourth-order valence-electron chi connectivity index (χ4n) is 2.55. The molecular formula is C20H17NO3. The number of hydrogen-bond donors (Lipinski definition) is 2. The highest BCUT2D eigenvalue weighted by molar-refractivity contribution is 6.06. The standard InChI is InChI=1S/C20H17NO3/c1-21(16-8-5-9-17(22)13-16)20(24)15-7-4-6-14(12-15)18-10-2-3-11-19(18)23/h2-13,22-23H,1H3. The summed E-state index contributed by atoms with van der Waals surface area (Å²) < 4.78 is 0. The van der Waals surface area contributed by atoms with Gasteiger partial charge in [0.1, 0.15) is 11.5 Å².